The van der Waals surface area contributed by atoms with E-state index in [-0.39, 0.29) is 30.6 Å². The van der Waals surface area contributed by atoms with Crippen LogP contribution in [0.5, 0.6) is 0 Å². The Hall–Kier alpha value is -2.58. The minimum atomic E-state index is -1.53. The Balaban J connectivity index is 2.80. The van der Waals surface area contributed by atoms with E-state index in [2.05, 4.69) is 38.9 Å². The molecular weight excluding hydrogens is 430 g/mol. The maximum Gasteiger partial charge on any atom is 0.328 e. The number of guanidine groups is 1. The summed E-state index contributed by atoms with van der Waals surface area (Å²) in [6.45, 7) is 0.0767. The van der Waals surface area contributed by atoms with Gasteiger partial charge in [-0.25, -0.2) is 4.79 Å². The summed E-state index contributed by atoms with van der Waals surface area (Å²) in [5.74, 6) is -3.37. The van der Waals surface area contributed by atoms with Crippen LogP contribution < -0.4 is 32.7 Å². The number of carbonyl (C=O) groups excluding carboxylic acids is 3. The smallest absolute Gasteiger partial charge is 0.328 e. The first-order valence-electron chi connectivity index (χ1n) is 9.84. The molecule has 31 heavy (non-hydrogen) atoms. The van der Waals surface area contributed by atoms with Gasteiger partial charge in [0.25, 0.3) is 0 Å². The molecule has 1 rings (SSSR count). The fourth-order valence-corrected chi connectivity index (χ4v) is 3.13. The highest BCUT2D eigenvalue weighted by atomic mass is 32.1. The van der Waals surface area contributed by atoms with Crippen LogP contribution in [0.1, 0.15) is 25.7 Å². The molecule has 1 heterocycles. The van der Waals surface area contributed by atoms with E-state index in [0.717, 1.165) is 6.42 Å². The van der Waals surface area contributed by atoms with Crippen molar-refractivity contribution < 1.29 is 29.4 Å². The van der Waals surface area contributed by atoms with E-state index in [4.69, 9.17) is 21.7 Å². The Kier molecular flexibility index (Phi) is 11.7. The topological polar surface area (TPSA) is 221 Å². The van der Waals surface area contributed by atoms with Gasteiger partial charge < -0.3 is 42.9 Å². The zero-order valence-corrected chi connectivity index (χ0v) is 17.9. The van der Waals surface area contributed by atoms with E-state index in [9.17, 15) is 19.2 Å². The number of carbonyl (C=O) groups is 4. The molecule has 0 aromatic heterocycles. The van der Waals surface area contributed by atoms with Crippen molar-refractivity contribution in [3.8, 4) is 0 Å². The number of aliphatic hydroxyl groups is 1. The molecular formula is C17H31N7O6S. The summed E-state index contributed by atoms with van der Waals surface area (Å²) in [7, 11) is 0. The van der Waals surface area contributed by atoms with Crippen LogP contribution in [-0.4, -0.2) is 89.5 Å². The number of nitrogens with zero attached hydrogens (tertiary/aromatic N) is 1. The molecule has 0 aromatic rings. The van der Waals surface area contributed by atoms with Gasteiger partial charge in [-0.15, -0.1) is 0 Å². The summed E-state index contributed by atoms with van der Waals surface area (Å²) in [5, 5.41) is 28.4. The van der Waals surface area contributed by atoms with Crippen molar-refractivity contribution in [2.45, 2.75) is 49.9 Å². The van der Waals surface area contributed by atoms with Crippen LogP contribution in [-0.2, 0) is 19.2 Å². The van der Waals surface area contributed by atoms with Crippen molar-refractivity contribution >= 4 is 42.3 Å². The molecule has 0 aromatic carbocycles. The lowest BCUT2D eigenvalue weighted by Gasteiger charge is -2.24. The van der Waals surface area contributed by atoms with Crippen molar-refractivity contribution in [3.63, 3.8) is 0 Å². The van der Waals surface area contributed by atoms with Gasteiger partial charge in [0.15, 0.2) is 5.96 Å². The predicted molar refractivity (Wildman–Crippen MR) is 115 cm³/mol. The van der Waals surface area contributed by atoms with Gasteiger partial charge in [-0.3, -0.25) is 19.4 Å². The standard InChI is InChI=1S/C17H31N7O6S/c18-17(19)21-6-2-4-10(14(27)23-11(7-25)16(29)30)22-15(28)12(8-31)24-13(26)9-3-1-5-20-9/h9-12,20,25,31H,1-8H2,(H,22,28)(H,23,27)(H,24,26)(H,29,30)(H4,18,19,21). The number of carboxylic acids is 1. The molecule has 10 N–H and O–H groups in total. The maximum atomic E-state index is 12.7. The lowest BCUT2D eigenvalue weighted by Crippen LogP contribution is -2.57. The van der Waals surface area contributed by atoms with E-state index in [1.807, 2.05) is 0 Å². The van der Waals surface area contributed by atoms with Gasteiger partial charge in [-0.05, 0) is 32.2 Å². The molecule has 1 aliphatic rings. The lowest BCUT2D eigenvalue weighted by molar-refractivity contribution is -0.143. The molecule has 176 valence electrons. The second kappa shape index (κ2) is 13.7. The van der Waals surface area contributed by atoms with Gasteiger partial charge in [-0.2, -0.15) is 12.6 Å². The van der Waals surface area contributed by atoms with Crippen molar-refractivity contribution in [1.29, 1.82) is 0 Å². The Morgan fingerprint density at radius 2 is 1.74 bits per heavy atom. The Bertz CT molecular complexity index is 667. The number of nitrogens with two attached hydrogens (primary N) is 2. The number of aliphatic carboxylic acids is 1. The summed E-state index contributed by atoms with van der Waals surface area (Å²) in [6.07, 6.45) is 1.89. The molecule has 0 spiro atoms. The molecule has 13 nitrogen and oxygen atoms in total. The monoisotopic (exact) mass is 461 g/mol. The largest absolute Gasteiger partial charge is 0.480 e. The minimum absolute atomic E-state index is 0.0129. The maximum absolute atomic E-state index is 12.7. The molecule has 4 atom stereocenters. The second-order valence-corrected chi connectivity index (χ2v) is 7.35. The molecule has 1 saturated heterocycles. The fourth-order valence-electron chi connectivity index (χ4n) is 2.88. The van der Waals surface area contributed by atoms with E-state index in [1.54, 1.807) is 0 Å². The van der Waals surface area contributed by atoms with Crippen LogP contribution >= 0.6 is 12.6 Å². The van der Waals surface area contributed by atoms with Gasteiger partial charge >= 0.3 is 5.97 Å². The molecule has 0 bridgehead atoms. The fraction of sp³-hybridized carbons (Fsp3) is 0.706. The normalized spacial score (nSPS) is 18.3. The van der Waals surface area contributed by atoms with Gasteiger partial charge in [0.1, 0.15) is 18.1 Å². The van der Waals surface area contributed by atoms with Crippen LogP contribution in [0.25, 0.3) is 0 Å². The van der Waals surface area contributed by atoms with Crippen molar-refractivity contribution in [2.75, 3.05) is 25.4 Å². The SMILES string of the molecule is NC(N)=NCCCC(NC(=O)C(CS)NC(=O)C1CCCN1)C(=O)NC(CO)C(=O)O. The Morgan fingerprint density at radius 3 is 2.26 bits per heavy atom. The number of hydrogen-bond donors (Lipinski definition) is 9. The number of nitrogens with one attached hydrogen (secondary N) is 4. The number of rotatable bonds is 13. The summed E-state index contributed by atoms with van der Waals surface area (Å²) >= 11 is 4.10. The number of thiol groups is 1. The lowest BCUT2D eigenvalue weighted by atomic mass is 10.1. The molecule has 14 heteroatoms. The van der Waals surface area contributed by atoms with Crippen LogP contribution in [0.4, 0.5) is 0 Å². The average molecular weight is 462 g/mol. The first-order valence-corrected chi connectivity index (χ1v) is 10.5. The third-order valence-corrected chi connectivity index (χ3v) is 4.93. The zero-order chi connectivity index (χ0) is 23.4. The summed E-state index contributed by atoms with van der Waals surface area (Å²) in [5.41, 5.74) is 10.5. The number of amides is 3. The molecule has 1 fully saturated rings. The van der Waals surface area contributed by atoms with Crippen molar-refractivity contribution in [2.24, 2.45) is 16.5 Å². The molecule has 0 aliphatic carbocycles. The average Bonchev–Trinajstić information content (AvgIpc) is 3.26. The first-order chi connectivity index (χ1) is 14.7. The van der Waals surface area contributed by atoms with Gasteiger partial charge in [0.2, 0.25) is 17.7 Å². The third-order valence-electron chi connectivity index (χ3n) is 4.57. The molecule has 1 aliphatic heterocycles. The number of aliphatic imine (C=N–C) groups is 1. The molecule has 0 radical (unpaired) electrons. The number of aliphatic hydroxyl groups excluding tert-OH is 1. The van der Waals surface area contributed by atoms with Gasteiger partial charge in [0, 0.05) is 12.3 Å². The zero-order valence-electron chi connectivity index (χ0n) is 17.0. The molecule has 0 saturated carbocycles. The summed E-state index contributed by atoms with van der Waals surface area (Å²) in [6, 6.07) is -4.06. The van der Waals surface area contributed by atoms with Crippen molar-refractivity contribution in [3.05, 3.63) is 0 Å². The Labute approximate surface area is 185 Å². The van der Waals surface area contributed by atoms with Crippen LogP contribution in [0.2, 0.25) is 0 Å². The molecule has 3 amide bonds. The van der Waals surface area contributed by atoms with E-state index < -0.39 is 48.6 Å². The number of hydrogen-bond acceptors (Lipinski definition) is 8. The Morgan fingerprint density at radius 1 is 1.10 bits per heavy atom. The quantitative estimate of drug-likeness (QED) is 0.0568. The first kappa shape index (κ1) is 26.5. The van der Waals surface area contributed by atoms with Crippen LogP contribution in [0.15, 0.2) is 4.99 Å². The van der Waals surface area contributed by atoms with Gasteiger partial charge in [0.05, 0.1) is 12.6 Å². The van der Waals surface area contributed by atoms with E-state index in [0.29, 0.717) is 19.4 Å². The van der Waals surface area contributed by atoms with Crippen LogP contribution in [0.3, 0.4) is 0 Å². The summed E-state index contributed by atoms with van der Waals surface area (Å²) in [4.78, 5) is 52.3. The number of carboxylic acid groups (broad SMARTS) is 1. The van der Waals surface area contributed by atoms with Gasteiger partial charge in [-0.1, -0.05) is 0 Å². The highest BCUT2D eigenvalue weighted by molar-refractivity contribution is 7.80. The predicted octanol–water partition coefficient (Wildman–Crippen LogP) is -3.75. The summed E-state index contributed by atoms with van der Waals surface area (Å²) < 4.78 is 0. The van der Waals surface area contributed by atoms with Crippen molar-refractivity contribution in [1.82, 2.24) is 21.3 Å². The third kappa shape index (κ3) is 9.40. The minimum Gasteiger partial charge on any atom is -0.480 e. The second-order valence-electron chi connectivity index (χ2n) is 6.98. The van der Waals surface area contributed by atoms with Crippen LogP contribution in [0, 0.1) is 0 Å². The highest BCUT2D eigenvalue weighted by Crippen LogP contribution is 2.06. The highest BCUT2D eigenvalue weighted by Gasteiger charge is 2.30. The molecule has 4 unspecified atom stereocenters. The van der Waals surface area contributed by atoms with E-state index >= 15 is 0 Å². The van der Waals surface area contributed by atoms with E-state index in [1.165, 1.54) is 0 Å².